The van der Waals surface area contributed by atoms with Gasteiger partial charge in [-0.05, 0) is 32.7 Å². The number of piperidine rings is 1. The molecule has 0 amide bonds. The SMILES string of the molecule is COc1cc(NCCCN2CCCCC2C)nc(N)n1. The van der Waals surface area contributed by atoms with Gasteiger partial charge in [0.15, 0.2) is 0 Å². The molecule has 0 saturated carbocycles. The van der Waals surface area contributed by atoms with Crippen LogP contribution in [0.15, 0.2) is 6.07 Å². The number of rotatable bonds is 6. The quantitative estimate of drug-likeness (QED) is 0.773. The van der Waals surface area contributed by atoms with E-state index in [1.807, 2.05) is 0 Å². The van der Waals surface area contributed by atoms with Crippen molar-refractivity contribution in [3.63, 3.8) is 0 Å². The number of anilines is 2. The summed E-state index contributed by atoms with van der Waals surface area (Å²) in [6.07, 6.45) is 5.12. The molecule has 0 radical (unpaired) electrons. The summed E-state index contributed by atoms with van der Waals surface area (Å²) in [6, 6.07) is 2.48. The molecule has 0 aliphatic carbocycles. The number of nitrogens with two attached hydrogens (primary N) is 1. The maximum Gasteiger partial charge on any atom is 0.225 e. The van der Waals surface area contributed by atoms with Gasteiger partial charge in [-0.3, -0.25) is 0 Å². The first-order valence-electron chi connectivity index (χ1n) is 7.35. The zero-order valence-corrected chi connectivity index (χ0v) is 12.4. The summed E-state index contributed by atoms with van der Waals surface area (Å²) in [6.45, 7) is 5.56. The summed E-state index contributed by atoms with van der Waals surface area (Å²) in [5.74, 6) is 1.45. The van der Waals surface area contributed by atoms with Crippen molar-refractivity contribution in [2.75, 3.05) is 37.8 Å². The fraction of sp³-hybridized carbons (Fsp3) is 0.714. The Balaban J connectivity index is 1.74. The van der Waals surface area contributed by atoms with E-state index in [1.165, 1.54) is 25.8 Å². The molecule has 2 rings (SSSR count). The molecule has 112 valence electrons. The summed E-state index contributed by atoms with van der Waals surface area (Å²) in [5.41, 5.74) is 5.62. The fourth-order valence-corrected chi connectivity index (χ4v) is 2.63. The number of hydrogen-bond acceptors (Lipinski definition) is 6. The Kier molecular flexibility index (Phi) is 5.40. The highest BCUT2D eigenvalue weighted by atomic mass is 16.5. The van der Waals surface area contributed by atoms with E-state index in [-0.39, 0.29) is 5.95 Å². The topological polar surface area (TPSA) is 76.3 Å². The van der Waals surface area contributed by atoms with Crippen molar-refractivity contribution in [2.24, 2.45) is 0 Å². The molecule has 0 aromatic carbocycles. The average molecular weight is 279 g/mol. The standard InChI is InChI=1S/C14H25N5O/c1-11-6-3-4-8-19(11)9-5-7-16-12-10-13(20-2)18-14(15)17-12/h10-11H,3-9H2,1-2H3,(H3,15,16,17,18). The van der Waals surface area contributed by atoms with E-state index in [0.717, 1.165) is 31.4 Å². The van der Waals surface area contributed by atoms with Crippen LogP contribution in [0.2, 0.25) is 0 Å². The number of nitrogen functional groups attached to an aromatic ring is 1. The van der Waals surface area contributed by atoms with Crippen LogP contribution in [-0.2, 0) is 0 Å². The number of likely N-dealkylation sites (tertiary alicyclic amines) is 1. The molecule has 6 nitrogen and oxygen atoms in total. The Morgan fingerprint density at radius 3 is 3.05 bits per heavy atom. The number of methoxy groups -OCH3 is 1. The molecule has 1 aliphatic heterocycles. The number of hydrogen-bond donors (Lipinski definition) is 2. The van der Waals surface area contributed by atoms with Crippen molar-refractivity contribution < 1.29 is 4.74 Å². The van der Waals surface area contributed by atoms with Crippen LogP contribution in [0.5, 0.6) is 5.88 Å². The van der Waals surface area contributed by atoms with Crippen LogP contribution >= 0.6 is 0 Å². The van der Waals surface area contributed by atoms with Gasteiger partial charge in [0.25, 0.3) is 0 Å². The van der Waals surface area contributed by atoms with Gasteiger partial charge in [-0.2, -0.15) is 9.97 Å². The van der Waals surface area contributed by atoms with Crippen LogP contribution in [0.4, 0.5) is 11.8 Å². The third-order valence-corrected chi connectivity index (χ3v) is 3.80. The number of nitrogens with one attached hydrogen (secondary N) is 1. The Morgan fingerprint density at radius 1 is 1.45 bits per heavy atom. The van der Waals surface area contributed by atoms with E-state index in [9.17, 15) is 0 Å². The molecule has 1 aliphatic rings. The van der Waals surface area contributed by atoms with Crippen LogP contribution in [0, 0.1) is 0 Å². The zero-order valence-electron chi connectivity index (χ0n) is 12.4. The number of aromatic nitrogens is 2. The molecule has 1 saturated heterocycles. The number of nitrogens with zero attached hydrogens (tertiary/aromatic N) is 3. The van der Waals surface area contributed by atoms with Crippen LogP contribution in [-0.4, -0.2) is 47.7 Å². The second kappa shape index (κ2) is 7.28. The fourth-order valence-electron chi connectivity index (χ4n) is 2.63. The predicted molar refractivity (Wildman–Crippen MR) is 81.0 cm³/mol. The van der Waals surface area contributed by atoms with E-state index >= 15 is 0 Å². The lowest BCUT2D eigenvalue weighted by atomic mass is 10.0. The van der Waals surface area contributed by atoms with Gasteiger partial charge in [0, 0.05) is 25.2 Å². The van der Waals surface area contributed by atoms with Gasteiger partial charge in [0.05, 0.1) is 7.11 Å². The largest absolute Gasteiger partial charge is 0.481 e. The lowest BCUT2D eigenvalue weighted by Crippen LogP contribution is -2.38. The van der Waals surface area contributed by atoms with Crippen LogP contribution in [0.3, 0.4) is 0 Å². The summed E-state index contributed by atoms with van der Waals surface area (Å²) in [4.78, 5) is 10.7. The monoisotopic (exact) mass is 279 g/mol. The molecular formula is C14H25N5O. The molecule has 1 aromatic heterocycles. The van der Waals surface area contributed by atoms with Crippen molar-refractivity contribution in [3.8, 4) is 5.88 Å². The summed E-state index contributed by atoms with van der Waals surface area (Å²) < 4.78 is 5.07. The first kappa shape index (κ1) is 14.8. The molecule has 0 spiro atoms. The lowest BCUT2D eigenvalue weighted by Gasteiger charge is -2.33. The van der Waals surface area contributed by atoms with Gasteiger partial charge >= 0.3 is 0 Å². The second-order valence-electron chi connectivity index (χ2n) is 5.31. The smallest absolute Gasteiger partial charge is 0.225 e. The van der Waals surface area contributed by atoms with Gasteiger partial charge in [-0.15, -0.1) is 0 Å². The van der Waals surface area contributed by atoms with E-state index in [4.69, 9.17) is 10.5 Å². The first-order chi connectivity index (χ1) is 9.69. The van der Waals surface area contributed by atoms with Gasteiger partial charge < -0.3 is 20.7 Å². The summed E-state index contributed by atoms with van der Waals surface area (Å²) in [7, 11) is 1.57. The molecule has 20 heavy (non-hydrogen) atoms. The van der Waals surface area contributed by atoms with Crippen LogP contribution < -0.4 is 15.8 Å². The molecule has 1 fully saturated rings. The molecule has 1 atom stereocenters. The Hall–Kier alpha value is -1.56. The minimum atomic E-state index is 0.233. The summed E-state index contributed by atoms with van der Waals surface area (Å²) in [5, 5.41) is 3.28. The summed E-state index contributed by atoms with van der Waals surface area (Å²) >= 11 is 0. The highest BCUT2D eigenvalue weighted by molar-refractivity contribution is 5.42. The maximum atomic E-state index is 5.62. The third-order valence-electron chi connectivity index (χ3n) is 3.80. The highest BCUT2D eigenvalue weighted by Gasteiger charge is 2.17. The van der Waals surface area contributed by atoms with Crippen molar-refractivity contribution in [2.45, 2.75) is 38.6 Å². The van der Waals surface area contributed by atoms with E-state index in [0.29, 0.717) is 5.88 Å². The van der Waals surface area contributed by atoms with E-state index in [2.05, 4.69) is 27.1 Å². The normalized spacial score (nSPS) is 19.8. The first-order valence-corrected chi connectivity index (χ1v) is 7.35. The van der Waals surface area contributed by atoms with Crippen molar-refractivity contribution in [1.82, 2.24) is 14.9 Å². The van der Waals surface area contributed by atoms with Gasteiger partial charge in [-0.1, -0.05) is 6.42 Å². The molecular weight excluding hydrogens is 254 g/mol. The van der Waals surface area contributed by atoms with Crippen molar-refractivity contribution in [1.29, 1.82) is 0 Å². The third kappa shape index (κ3) is 4.23. The van der Waals surface area contributed by atoms with E-state index in [1.54, 1.807) is 13.2 Å². The highest BCUT2D eigenvalue weighted by Crippen LogP contribution is 2.17. The van der Waals surface area contributed by atoms with Crippen molar-refractivity contribution in [3.05, 3.63) is 6.07 Å². The second-order valence-corrected chi connectivity index (χ2v) is 5.31. The van der Waals surface area contributed by atoms with Crippen molar-refractivity contribution >= 4 is 11.8 Å². The Morgan fingerprint density at radius 2 is 2.30 bits per heavy atom. The van der Waals surface area contributed by atoms with Crippen LogP contribution in [0.1, 0.15) is 32.6 Å². The van der Waals surface area contributed by atoms with Gasteiger partial charge in [0.1, 0.15) is 5.82 Å². The predicted octanol–water partition coefficient (Wildman–Crippen LogP) is 1.74. The van der Waals surface area contributed by atoms with Gasteiger partial charge in [0.2, 0.25) is 11.8 Å². The van der Waals surface area contributed by atoms with Gasteiger partial charge in [-0.25, -0.2) is 0 Å². The maximum absolute atomic E-state index is 5.62. The molecule has 1 unspecified atom stereocenters. The Labute approximate surface area is 120 Å². The molecule has 0 bridgehead atoms. The number of ether oxygens (including phenoxy) is 1. The molecule has 6 heteroatoms. The lowest BCUT2D eigenvalue weighted by molar-refractivity contribution is 0.160. The Bertz CT molecular complexity index is 426. The molecule has 3 N–H and O–H groups in total. The van der Waals surface area contributed by atoms with E-state index < -0.39 is 0 Å². The minimum Gasteiger partial charge on any atom is -0.481 e. The van der Waals surface area contributed by atoms with Crippen LogP contribution in [0.25, 0.3) is 0 Å². The molecule has 1 aromatic rings. The molecule has 2 heterocycles. The minimum absolute atomic E-state index is 0.233. The average Bonchev–Trinajstić information content (AvgIpc) is 2.44. The zero-order chi connectivity index (χ0) is 14.4.